The highest BCUT2D eigenvalue weighted by Gasteiger charge is 2.15. The fraction of sp³-hybridized carbons (Fsp3) is 0.231. The fourth-order valence-electron chi connectivity index (χ4n) is 1.71. The van der Waals surface area contributed by atoms with Gasteiger partial charge in [0.2, 0.25) is 0 Å². The summed E-state index contributed by atoms with van der Waals surface area (Å²) in [7, 11) is 3.37. The largest absolute Gasteiger partial charge is 0.496 e. The van der Waals surface area contributed by atoms with Crippen LogP contribution in [0.2, 0.25) is 0 Å². The Morgan fingerprint density at radius 1 is 1.53 bits per heavy atom. The van der Waals surface area contributed by atoms with Crippen LogP contribution in [0.5, 0.6) is 5.75 Å². The molecule has 0 unspecified atom stereocenters. The Kier molecular flexibility index (Phi) is 4.55. The van der Waals surface area contributed by atoms with Crippen LogP contribution >= 0.6 is 27.3 Å². The van der Waals surface area contributed by atoms with Crippen molar-refractivity contribution in [3.05, 3.63) is 44.8 Å². The predicted octanol–water partition coefficient (Wildman–Crippen LogP) is 3.19. The zero-order valence-electron chi connectivity index (χ0n) is 10.6. The van der Waals surface area contributed by atoms with E-state index in [9.17, 15) is 4.79 Å². The van der Waals surface area contributed by atoms with Crippen LogP contribution in [0.4, 0.5) is 0 Å². The van der Waals surface area contributed by atoms with Crippen molar-refractivity contribution in [3.63, 3.8) is 0 Å². The van der Waals surface area contributed by atoms with E-state index in [1.807, 2.05) is 18.2 Å². The molecule has 1 aromatic carbocycles. The second-order valence-corrected chi connectivity index (χ2v) is 5.63. The molecule has 0 radical (unpaired) electrons. The van der Waals surface area contributed by atoms with Crippen molar-refractivity contribution in [3.8, 4) is 5.75 Å². The van der Waals surface area contributed by atoms with Crippen molar-refractivity contribution >= 4 is 33.2 Å². The average Bonchev–Trinajstić information content (AvgIpc) is 2.92. The lowest BCUT2D eigenvalue weighted by atomic mass is 10.2. The average molecular weight is 341 g/mol. The minimum Gasteiger partial charge on any atom is -0.496 e. The normalized spacial score (nSPS) is 10.3. The number of hydrogen-bond donors (Lipinski definition) is 0. The lowest BCUT2D eigenvalue weighted by Gasteiger charge is -2.18. The fourth-order valence-corrected chi connectivity index (χ4v) is 2.65. The molecule has 0 saturated carbocycles. The van der Waals surface area contributed by atoms with Crippen molar-refractivity contribution in [2.45, 2.75) is 6.54 Å². The first kappa shape index (κ1) is 14.0. The molecule has 0 saturated heterocycles. The highest BCUT2D eigenvalue weighted by Crippen LogP contribution is 2.24. The lowest BCUT2D eigenvalue weighted by Crippen LogP contribution is -2.26. The number of hydrogen-bond acceptors (Lipinski definition) is 4. The molecule has 0 aliphatic rings. The topological polar surface area (TPSA) is 42.4 Å². The van der Waals surface area contributed by atoms with Crippen LogP contribution in [-0.4, -0.2) is 29.9 Å². The van der Waals surface area contributed by atoms with Crippen LogP contribution in [0.3, 0.4) is 0 Å². The summed E-state index contributed by atoms with van der Waals surface area (Å²) in [6.07, 6.45) is 0. The van der Waals surface area contributed by atoms with E-state index in [1.54, 1.807) is 29.9 Å². The number of methoxy groups -OCH3 is 1. The van der Waals surface area contributed by atoms with Gasteiger partial charge in [0.1, 0.15) is 11.4 Å². The van der Waals surface area contributed by atoms with Crippen molar-refractivity contribution in [2.24, 2.45) is 0 Å². The van der Waals surface area contributed by atoms with Gasteiger partial charge in [-0.15, -0.1) is 11.3 Å². The molecule has 4 nitrogen and oxygen atoms in total. The molecule has 2 rings (SSSR count). The number of carbonyl (C=O) groups is 1. The second kappa shape index (κ2) is 6.16. The molecule has 0 spiro atoms. The molecular formula is C13H13BrN2O2S. The third kappa shape index (κ3) is 3.33. The van der Waals surface area contributed by atoms with E-state index in [0.29, 0.717) is 12.2 Å². The minimum absolute atomic E-state index is 0.0942. The molecule has 2 aromatic rings. The number of halogens is 1. The van der Waals surface area contributed by atoms with E-state index < -0.39 is 0 Å². The maximum atomic E-state index is 12.1. The van der Waals surface area contributed by atoms with E-state index in [0.717, 1.165) is 15.8 Å². The first-order chi connectivity index (χ1) is 9.11. The molecule has 19 heavy (non-hydrogen) atoms. The third-order valence-corrected chi connectivity index (χ3v) is 3.73. The number of thiazole rings is 1. The highest BCUT2D eigenvalue weighted by molar-refractivity contribution is 9.10. The molecular weight excluding hydrogens is 328 g/mol. The van der Waals surface area contributed by atoms with E-state index in [1.165, 1.54) is 11.3 Å². The lowest BCUT2D eigenvalue weighted by molar-refractivity contribution is 0.0779. The van der Waals surface area contributed by atoms with Gasteiger partial charge in [-0.2, -0.15) is 0 Å². The highest BCUT2D eigenvalue weighted by atomic mass is 79.9. The van der Waals surface area contributed by atoms with Crippen molar-refractivity contribution in [2.75, 3.05) is 14.2 Å². The molecule has 6 heteroatoms. The quantitative estimate of drug-likeness (QED) is 0.858. The first-order valence-corrected chi connectivity index (χ1v) is 7.31. The summed E-state index contributed by atoms with van der Waals surface area (Å²) in [4.78, 5) is 17.8. The number of carbonyl (C=O) groups excluding carboxylic acids is 1. The van der Waals surface area contributed by atoms with Gasteiger partial charge in [-0.3, -0.25) is 4.79 Å². The zero-order valence-corrected chi connectivity index (χ0v) is 13.0. The summed E-state index contributed by atoms with van der Waals surface area (Å²) in [5.74, 6) is 0.671. The SMILES string of the molecule is COc1ccc(Br)cc1CN(C)C(=O)c1cscn1. The van der Waals surface area contributed by atoms with E-state index in [2.05, 4.69) is 20.9 Å². The maximum Gasteiger partial charge on any atom is 0.273 e. The van der Waals surface area contributed by atoms with Gasteiger partial charge in [-0.25, -0.2) is 4.98 Å². The van der Waals surface area contributed by atoms with Crippen molar-refractivity contribution in [1.82, 2.24) is 9.88 Å². The number of nitrogens with zero attached hydrogens (tertiary/aromatic N) is 2. The molecule has 1 amide bonds. The Morgan fingerprint density at radius 2 is 2.32 bits per heavy atom. The van der Waals surface area contributed by atoms with Gasteiger partial charge in [0, 0.05) is 29.0 Å². The molecule has 100 valence electrons. The van der Waals surface area contributed by atoms with Gasteiger partial charge in [-0.1, -0.05) is 15.9 Å². The van der Waals surface area contributed by atoms with Gasteiger partial charge in [0.15, 0.2) is 0 Å². The summed E-state index contributed by atoms with van der Waals surface area (Å²) in [6.45, 7) is 0.471. The molecule has 0 aliphatic heterocycles. The van der Waals surface area contributed by atoms with Crippen LogP contribution in [0.1, 0.15) is 16.1 Å². The summed E-state index contributed by atoms with van der Waals surface area (Å²) < 4.78 is 6.26. The Bertz CT molecular complexity index is 572. The Labute approximate surface area is 124 Å². The maximum absolute atomic E-state index is 12.1. The molecule has 0 atom stereocenters. The van der Waals surface area contributed by atoms with Crippen LogP contribution < -0.4 is 4.74 Å². The Morgan fingerprint density at radius 3 is 2.95 bits per heavy atom. The van der Waals surface area contributed by atoms with Crippen LogP contribution in [0.15, 0.2) is 33.6 Å². The van der Waals surface area contributed by atoms with Crippen LogP contribution in [-0.2, 0) is 6.54 Å². The van der Waals surface area contributed by atoms with Crippen LogP contribution in [0.25, 0.3) is 0 Å². The molecule has 1 heterocycles. The molecule has 0 aliphatic carbocycles. The van der Waals surface area contributed by atoms with Crippen molar-refractivity contribution < 1.29 is 9.53 Å². The monoisotopic (exact) mass is 340 g/mol. The zero-order chi connectivity index (χ0) is 13.8. The standard InChI is InChI=1S/C13H13BrN2O2S/c1-16(13(17)11-7-19-8-15-11)6-9-5-10(14)3-4-12(9)18-2/h3-5,7-8H,6H2,1-2H3. The number of benzene rings is 1. The van der Waals surface area contributed by atoms with E-state index in [4.69, 9.17) is 4.74 Å². The van der Waals surface area contributed by atoms with E-state index >= 15 is 0 Å². The summed E-state index contributed by atoms with van der Waals surface area (Å²) in [6, 6.07) is 5.73. The minimum atomic E-state index is -0.0942. The van der Waals surface area contributed by atoms with Gasteiger partial charge < -0.3 is 9.64 Å². The Balaban J connectivity index is 2.17. The molecule has 1 aromatic heterocycles. The summed E-state index contributed by atoms with van der Waals surface area (Å²) >= 11 is 4.83. The molecule has 0 fully saturated rings. The smallest absolute Gasteiger partial charge is 0.273 e. The third-order valence-electron chi connectivity index (χ3n) is 2.65. The first-order valence-electron chi connectivity index (χ1n) is 5.58. The van der Waals surface area contributed by atoms with Gasteiger partial charge in [0.05, 0.1) is 12.6 Å². The van der Waals surface area contributed by atoms with Gasteiger partial charge >= 0.3 is 0 Å². The predicted molar refractivity (Wildman–Crippen MR) is 78.6 cm³/mol. The number of ether oxygens (including phenoxy) is 1. The summed E-state index contributed by atoms with van der Waals surface area (Å²) in [5, 5.41) is 1.75. The van der Waals surface area contributed by atoms with Crippen LogP contribution in [0, 0.1) is 0 Å². The Hall–Kier alpha value is -1.40. The summed E-state index contributed by atoms with van der Waals surface area (Å²) in [5.41, 5.74) is 3.07. The van der Waals surface area contributed by atoms with E-state index in [-0.39, 0.29) is 5.91 Å². The van der Waals surface area contributed by atoms with Gasteiger partial charge in [0.25, 0.3) is 5.91 Å². The second-order valence-electron chi connectivity index (χ2n) is 3.99. The number of amides is 1. The van der Waals surface area contributed by atoms with Gasteiger partial charge in [-0.05, 0) is 18.2 Å². The number of rotatable bonds is 4. The number of aromatic nitrogens is 1. The molecule has 0 bridgehead atoms. The molecule has 0 N–H and O–H groups in total. The van der Waals surface area contributed by atoms with Crippen molar-refractivity contribution in [1.29, 1.82) is 0 Å².